The minimum Gasteiger partial charge on any atom is -0.329 e. The van der Waals surface area contributed by atoms with E-state index >= 15 is 0 Å². The van der Waals surface area contributed by atoms with Crippen LogP contribution in [-0.4, -0.2) is 9.13 Å². The summed E-state index contributed by atoms with van der Waals surface area (Å²) in [5.41, 5.74) is 9.01. The number of para-hydroxylation sites is 4. The molecule has 0 bridgehead atoms. The minimum absolute atomic E-state index is 0.00218. The van der Waals surface area contributed by atoms with Crippen LogP contribution in [0.1, 0.15) is 11.1 Å². The van der Waals surface area contributed by atoms with Crippen LogP contribution in [0, 0.1) is 35.8 Å². The molecular formula is C70H38N8S2. The lowest BCUT2D eigenvalue weighted by Crippen LogP contribution is -2.10. The summed E-state index contributed by atoms with van der Waals surface area (Å²) in [6.07, 6.45) is 0. The van der Waals surface area contributed by atoms with Gasteiger partial charge in [-0.05, 0) is 121 Å². The van der Waals surface area contributed by atoms with Crippen molar-refractivity contribution in [3.63, 3.8) is 0 Å². The fourth-order valence-corrected chi connectivity index (χ4v) is 14.2. The molecule has 0 N–H and O–H groups in total. The number of nitrogens with zero attached hydrogens (tertiary/aromatic N) is 8. The molecule has 0 aliphatic carbocycles. The highest BCUT2D eigenvalue weighted by Crippen LogP contribution is 2.52. The second kappa shape index (κ2) is 18.4. The summed E-state index contributed by atoms with van der Waals surface area (Å²) in [7, 11) is 0. The van der Waals surface area contributed by atoms with E-state index in [1.165, 1.54) is 0 Å². The van der Waals surface area contributed by atoms with Crippen LogP contribution in [0.5, 0.6) is 0 Å². The zero-order valence-electron chi connectivity index (χ0n) is 42.3. The van der Waals surface area contributed by atoms with Gasteiger partial charge in [0.25, 0.3) is 0 Å². The van der Waals surface area contributed by atoms with Crippen molar-refractivity contribution in [3.8, 4) is 23.5 Å². The van der Waals surface area contributed by atoms with E-state index in [2.05, 4.69) is 165 Å². The number of thiophene rings is 2. The van der Waals surface area contributed by atoms with Crippen molar-refractivity contribution in [3.05, 3.63) is 264 Å². The molecule has 0 saturated heterocycles. The maximum atomic E-state index is 11.8. The third kappa shape index (κ3) is 6.95. The van der Waals surface area contributed by atoms with Gasteiger partial charge in [0.1, 0.15) is 0 Å². The normalized spacial score (nSPS) is 11.4. The summed E-state index contributed by atoms with van der Waals surface area (Å²) >= 11 is 3.36. The van der Waals surface area contributed by atoms with Crippen LogP contribution in [0.25, 0.3) is 105 Å². The van der Waals surface area contributed by atoms with E-state index < -0.39 is 0 Å². The van der Waals surface area contributed by atoms with Crippen molar-refractivity contribution >= 4 is 152 Å². The predicted octanol–water partition coefficient (Wildman–Crippen LogP) is 20.4. The lowest BCUT2D eigenvalue weighted by atomic mass is 10.00. The fourth-order valence-electron chi connectivity index (χ4n) is 12.0. The van der Waals surface area contributed by atoms with Gasteiger partial charge in [0, 0.05) is 96.0 Å². The monoisotopic (exact) mass is 1050 g/mol. The summed E-state index contributed by atoms with van der Waals surface area (Å²) in [6, 6.07) is 84.0. The molecule has 0 fully saturated rings. The number of hydrogen-bond acceptors (Lipinski definition) is 6. The second-order valence-corrected chi connectivity index (χ2v) is 21.8. The van der Waals surface area contributed by atoms with E-state index in [9.17, 15) is 10.5 Å². The molecule has 15 rings (SSSR count). The van der Waals surface area contributed by atoms with Crippen molar-refractivity contribution in [1.82, 2.24) is 9.13 Å². The van der Waals surface area contributed by atoms with Gasteiger partial charge in [0.2, 0.25) is 11.4 Å². The van der Waals surface area contributed by atoms with Gasteiger partial charge < -0.3 is 18.9 Å². The molecular weight excluding hydrogens is 1020 g/mol. The Kier molecular flexibility index (Phi) is 10.6. The Morgan fingerprint density at radius 2 is 0.675 bits per heavy atom. The highest BCUT2D eigenvalue weighted by atomic mass is 32.1. The van der Waals surface area contributed by atoms with Crippen molar-refractivity contribution in [2.75, 3.05) is 9.80 Å². The Balaban J connectivity index is 1.04. The highest BCUT2D eigenvalue weighted by Gasteiger charge is 2.32. The zero-order valence-corrected chi connectivity index (χ0v) is 44.0. The van der Waals surface area contributed by atoms with E-state index in [1.54, 1.807) is 22.7 Å². The predicted molar refractivity (Wildman–Crippen MR) is 332 cm³/mol. The summed E-state index contributed by atoms with van der Waals surface area (Å²) in [6.45, 7) is 18.3. The minimum atomic E-state index is -0.0177. The van der Waals surface area contributed by atoms with E-state index in [-0.39, 0.29) is 33.9 Å². The molecule has 4 heterocycles. The van der Waals surface area contributed by atoms with Crippen molar-refractivity contribution in [2.45, 2.75) is 0 Å². The zero-order chi connectivity index (χ0) is 53.6. The Bertz CT molecular complexity index is 4780. The van der Waals surface area contributed by atoms with E-state index in [1.807, 2.05) is 106 Å². The third-order valence-corrected chi connectivity index (χ3v) is 17.6. The van der Waals surface area contributed by atoms with Crippen molar-refractivity contribution in [2.24, 2.45) is 0 Å². The smallest absolute Gasteiger partial charge is 0.219 e. The molecule has 0 unspecified atom stereocenters. The summed E-state index contributed by atoms with van der Waals surface area (Å²) in [5, 5.41) is 31.5. The Morgan fingerprint density at radius 3 is 1.05 bits per heavy atom. The Morgan fingerprint density at radius 1 is 0.325 bits per heavy atom. The number of nitriles is 2. The van der Waals surface area contributed by atoms with Crippen molar-refractivity contribution in [1.29, 1.82) is 10.5 Å². The maximum absolute atomic E-state index is 11.8. The lowest BCUT2D eigenvalue weighted by Gasteiger charge is -2.25. The van der Waals surface area contributed by atoms with Crippen LogP contribution >= 0.6 is 22.7 Å². The van der Waals surface area contributed by atoms with Gasteiger partial charge in [0.05, 0.1) is 69.9 Å². The molecule has 80 heavy (non-hydrogen) atoms. The quantitative estimate of drug-likeness (QED) is 0.142. The van der Waals surface area contributed by atoms with Gasteiger partial charge in [-0.1, -0.05) is 109 Å². The SMILES string of the molecule is [C-]#[N+]c1c(C#N)c(-n2c3ccc(N(c4ccccc4)c4ccccc4)cc3c3cc4c(cc32)sc2ccccc24)c(C#N)c([N+]#[C-])c1-n1c2ccc(N(c3ccccc3)c3ccccc3)cc2c2cc3c(cc21)sc1ccccc13. The first-order valence-corrected chi connectivity index (χ1v) is 27.6. The van der Waals surface area contributed by atoms with Crippen LogP contribution in [0.15, 0.2) is 231 Å². The first kappa shape index (κ1) is 46.3. The second-order valence-electron chi connectivity index (χ2n) is 19.6. The topological polar surface area (TPSA) is 72.6 Å². The number of rotatable bonds is 8. The van der Waals surface area contributed by atoms with Gasteiger partial charge in [-0.15, -0.1) is 22.7 Å². The Labute approximate surface area is 466 Å². The number of aromatic nitrogens is 2. The van der Waals surface area contributed by atoms with Gasteiger partial charge in [-0.2, -0.15) is 10.5 Å². The first-order chi connectivity index (χ1) is 39.5. The molecule has 11 aromatic carbocycles. The van der Waals surface area contributed by atoms with Crippen LogP contribution in [0.4, 0.5) is 45.5 Å². The standard InChI is InChI=1S/C70H38N8S2/c1-73-67-57(41-71)69(77-59-33-31-47(75(43-19-7-3-8-20-43)44-21-9-4-10-22-44)35-51(59)53-37-55-49-27-15-17-29-63(49)79-65(55)39-61(53)77)58(42-72)68(74-2)70(67)78-60-34-32-48(76(45-23-11-5-12-24-45)46-25-13-6-14-26-46)36-52(60)54-38-56-50-28-16-18-30-64(50)80-66(56)40-62(54)78/h3-40H. The number of benzene rings is 11. The van der Waals surface area contributed by atoms with Crippen LogP contribution in [-0.2, 0) is 0 Å². The highest BCUT2D eigenvalue weighted by molar-refractivity contribution is 7.26. The molecule has 4 aromatic heterocycles. The maximum Gasteiger partial charge on any atom is 0.219 e. The molecule has 10 heteroatoms. The molecule has 0 aliphatic rings. The summed E-state index contributed by atoms with van der Waals surface area (Å²) in [5.74, 6) is 0. The first-order valence-electron chi connectivity index (χ1n) is 25.9. The Hall–Kier alpha value is -11.0. The lowest BCUT2D eigenvalue weighted by molar-refractivity contribution is 1.14. The fraction of sp³-hybridized carbons (Fsp3) is 0. The molecule has 0 radical (unpaired) electrons. The van der Waals surface area contributed by atoms with Crippen LogP contribution in [0.3, 0.4) is 0 Å². The molecule has 0 spiro atoms. The van der Waals surface area contributed by atoms with Gasteiger partial charge in [-0.3, -0.25) is 0 Å². The van der Waals surface area contributed by atoms with Crippen LogP contribution < -0.4 is 9.80 Å². The van der Waals surface area contributed by atoms with E-state index in [0.29, 0.717) is 0 Å². The molecule has 370 valence electrons. The number of fused-ring (bicyclic) bond motifs is 12. The molecule has 0 amide bonds. The van der Waals surface area contributed by atoms with Gasteiger partial charge >= 0.3 is 0 Å². The molecule has 0 atom stereocenters. The molecule has 8 nitrogen and oxygen atoms in total. The summed E-state index contributed by atoms with van der Waals surface area (Å²) < 4.78 is 8.24. The molecule has 0 saturated carbocycles. The number of anilines is 6. The van der Waals surface area contributed by atoms with Crippen LogP contribution in [0.2, 0.25) is 0 Å². The number of hydrogen-bond donors (Lipinski definition) is 0. The average Bonchev–Trinajstić information content (AvgIpc) is 4.44. The average molecular weight is 1060 g/mol. The third-order valence-electron chi connectivity index (χ3n) is 15.4. The molecule has 0 aliphatic heterocycles. The van der Waals surface area contributed by atoms with E-state index in [0.717, 1.165) is 118 Å². The van der Waals surface area contributed by atoms with E-state index in [4.69, 9.17) is 13.1 Å². The van der Waals surface area contributed by atoms with Gasteiger partial charge in [-0.25, -0.2) is 9.69 Å². The summed E-state index contributed by atoms with van der Waals surface area (Å²) in [4.78, 5) is 13.0. The molecule has 15 aromatic rings. The largest absolute Gasteiger partial charge is 0.329 e. The van der Waals surface area contributed by atoms with Gasteiger partial charge in [0.15, 0.2) is 0 Å². The van der Waals surface area contributed by atoms with Crippen molar-refractivity contribution < 1.29 is 0 Å².